The molecule has 180 valence electrons. The van der Waals surface area contributed by atoms with Crippen molar-refractivity contribution in [3.63, 3.8) is 0 Å². The van der Waals surface area contributed by atoms with Crippen LogP contribution in [-0.2, 0) is 9.53 Å². The van der Waals surface area contributed by atoms with Gasteiger partial charge in [0.25, 0.3) is 0 Å². The number of benzene rings is 2. The Morgan fingerprint density at radius 3 is 2.26 bits per heavy atom. The number of nitrogens with zero attached hydrogens (tertiary/aromatic N) is 3. The van der Waals surface area contributed by atoms with E-state index in [1.165, 1.54) is 45.4 Å². The topological polar surface area (TPSA) is 109 Å². The number of pyridine rings is 1. The molecule has 1 aliphatic rings. The first-order chi connectivity index (χ1) is 17.0. The first kappa shape index (κ1) is 23.6. The zero-order chi connectivity index (χ0) is 24.9. The maximum Gasteiger partial charge on any atom is 0.343 e. The van der Waals surface area contributed by atoms with Gasteiger partial charge in [0.2, 0.25) is 23.8 Å². The fourth-order valence-corrected chi connectivity index (χ4v) is 3.51. The zero-order valence-electron chi connectivity index (χ0n) is 19.6. The summed E-state index contributed by atoms with van der Waals surface area (Å²) in [6.45, 7) is 1.37. The number of hydrazone groups is 1. The van der Waals surface area contributed by atoms with Gasteiger partial charge in [0.05, 0.1) is 38.0 Å². The summed E-state index contributed by atoms with van der Waals surface area (Å²) in [5.41, 5.74) is 1.22. The number of methoxy groups -OCH3 is 3. The third kappa shape index (κ3) is 4.72. The van der Waals surface area contributed by atoms with Gasteiger partial charge in [0.1, 0.15) is 5.75 Å². The van der Waals surface area contributed by atoms with Crippen LogP contribution in [0.4, 0.5) is 0 Å². The molecule has 0 unspecified atom stereocenters. The Kier molecular flexibility index (Phi) is 6.81. The minimum atomic E-state index is -0.938. The second kappa shape index (κ2) is 10.1. The largest absolute Gasteiger partial charge is 0.493 e. The van der Waals surface area contributed by atoms with E-state index in [1.807, 2.05) is 0 Å². The van der Waals surface area contributed by atoms with Crippen molar-refractivity contribution >= 4 is 17.8 Å². The Labute approximate surface area is 201 Å². The van der Waals surface area contributed by atoms with E-state index in [0.29, 0.717) is 28.4 Å². The van der Waals surface area contributed by atoms with Crippen molar-refractivity contribution in [1.29, 1.82) is 0 Å². The number of esters is 1. The molecule has 1 aliphatic heterocycles. The summed E-state index contributed by atoms with van der Waals surface area (Å²) in [5, 5.41) is 5.50. The van der Waals surface area contributed by atoms with Crippen LogP contribution in [-0.4, -0.2) is 49.1 Å². The average molecular weight is 477 g/mol. The van der Waals surface area contributed by atoms with Crippen LogP contribution in [0.5, 0.6) is 23.0 Å². The molecule has 0 radical (unpaired) electrons. The SMILES string of the molecule is COc1cc(C(=O)Oc2ccccc2[C@H]2OC(c3cccnc3)=NN2C(C)=O)cc(OC)c1OC. The van der Waals surface area contributed by atoms with E-state index in [1.54, 1.807) is 48.8 Å². The van der Waals surface area contributed by atoms with Crippen molar-refractivity contribution in [3.8, 4) is 23.0 Å². The van der Waals surface area contributed by atoms with Gasteiger partial charge in [0, 0.05) is 19.3 Å². The molecule has 35 heavy (non-hydrogen) atoms. The maximum atomic E-state index is 13.1. The van der Waals surface area contributed by atoms with Crippen molar-refractivity contribution in [3.05, 3.63) is 77.6 Å². The van der Waals surface area contributed by atoms with E-state index in [4.69, 9.17) is 23.7 Å². The molecule has 10 heteroatoms. The third-order valence-electron chi connectivity index (χ3n) is 5.16. The van der Waals surface area contributed by atoms with Gasteiger partial charge >= 0.3 is 5.97 Å². The molecule has 0 saturated carbocycles. The summed E-state index contributed by atoms with van der Waals surface area (Å²) < 4.78 is 27.7. The molecule has 0 aliphatic carbocycles. The fraction of sp³-hybridized carbons (Fsp3) is 0.200. The number of ether oxygens (including phenoxy) is 5. The highest BCUT2D eigenvalue weighted by atomic mass is 16.6. The molecule has 0 N–H and O–H groups in total. The van der Waals surface area contributed by atoms with Gasteiger partial charge in [-0.2, -0.15) is 5.01 Å². The molecular weight excluding hydrogens is 454 g/mol. The molecule has 2 aromatic carbocycles. The molecule has 3 aromatic rings. The van der Waals surface area contributed by atoms with Crippen molar-refractivity contribution in [1.82, 2.24) is 9.99 Å². The Bertz CT molecular complexity index is 1250. The smallest absolute Gasteiger partial charge is 0.343 e. The second-order valence-electron chi connectivity index (χ2n) is 7.32. The van der Waals surface area contributed by atoms with Crippen molar-refractivity contribution < 1.29 is 33.3 Å². The van der Waals surface area contributed by atoms with E-state index in [9.17, 15) is 9.59 Å². The first-order valence-electron chi connectivity index (χ1n) is 10.5. The van der Waals surface area contributed by atoms with Gasteiger partial charge in [0.15, 0.2) is 11.5 Å². The van der Waals surface area contributed by atoms with Crippen molar-refractivity contribution in [2.24, 2.45) is 5.10 Å². The number of rotatable bonds is 7. The molecule has 0 saturated heterocycles. The summed E-state index contributed by atoms with van der Waals surface area (Å²) in [4.78, 5) is 29.5. The number of amides is 1. The number of carbonyl (C=O) groups is 2. The lowest BCUT2D eigenvalue weighted by molar-refractivity contribution is -0.135. The second-order valence-corrected chi connectivity index (χ2v) is 7.32. The summed E-state index contributed by atoms with van der Waals surface area (Å²) in [7, 11) is 4.38. The molecule has 1 atom stereocenters. The molecule has 10 nitrogen and oxygen atoms in total. The van der Waals surface area contributed by atoms with Crippen LogP contribution in [0.2, 0.25) is 0 Å². The van der Waals surface area contributed by atoms with E-state index >= 15 is 0 Å². The Morgan fingerprint density at radius 2 is 1.66 bits per heavy atom. The Morgan fingerprint density at radius 1 is 0.943 bits per heavy atom. The Balaban J connectivity index is 1.65. The number of carbonyl (C=O) groups excluding carboxylic acids is 2. The normalized spacial score (nSPS) is 14.6. The van der Waals surface area contributed by atoms with Crippen LogP contribution in [0.3, 0.4) is 0 Å². The van der Waals surface area contributed by atoms with Crippen LogP contribution in [0.15, 0.2) is 66.0 Å². The molecular formula is C25H23N3O7. The number of para-hydroxylation sites is 1. The highest BCUT2D eigenvalue weighted by Crippen LogP contribution is 2.39. The Hall–Kier alpha value is -4.60. The lowest BCUT2D eigenvalue weighted by Gasteiger charge is -2.21. The van der Waals surface area contributed by atoms with E-state index in [-0.39, 0.29) is 23.1 Å². The number of aromatic nitrogens is 1. The van der Waals surface area contributed by atoms with E-state index in [0.717, 1.165) is 0 Å². The lowest BCUT2D eigenvalue weighted by Crippen LogP contribution is -2.26. The lowest BCUT2D eigenvalue weighted by atomic mass is 10.1. The van der Waals surface area contributed by atoms with Crippen LogP contribution < -0.4 is 18.9 Å². The van der Waals surface area contributed by atoms with Gasteiger partial charge in [-0.3, -0.25) is 9.78 Å². The molecule has 0 bridgehead atoms. The summed E-state index contributed by atoms with van der Waals surface area (Å²) in [6.07, 6.45) is 2.26. The van der Waals surface area contributed by atoms with Crippen LogP contribution in [0.1, 0.15) is 34.6 Å². The molecule has 0 spiro atoms. The highest BCUT2D eigenvalue weighted by Gasteiger charge is 2.35. The van der Waals surface area contributed by atoms with Crippen LogP contribution in [0, 0.1) is 0 Å². The van der Waals surface area contributed by atoms with Crippen molar-refractivity contribution in [2.45, 2.75) is 13.2 Å². The minimum absolute atomic E-state index is 0.178. The quantitative estimate of drug-likeness (QED) is 0.375. The molecule has 1 aromatic heterocycles. The number of hydrogen-bond acceptors (Lipinski definition) is 9. The highest BCUT2D eigenvalue weighted by molar-refractivity contribution is 5.96. The van der Waals surface area contributed by atoms with Crippen LogP contribution >= 0.6 is 0 Å². The minimum Gasteiger partial charge on any atom is -0.493 e. The molecule has 4 rings (SSSR count). The molecule has 1 amide bonds. The fourth-order valence-electron chi connectivity index (χ4n) is 3.51. The van der Waals surface area contributed by atoms with E-state index < -0.39 is 12.2 Å². The van der Waals surface area contributed by atoms with Gasteiger partial charge in [-0.15, -0.1) is 5.10 Å². The summed E-state index contributed by atoms with van der Waals surface area (Å²) >= 11 is 0. The predicted octanol–water partition coefficient (Wildman–Crippen LogP) is 3.57. The average Bonchev–Trinajstić information content (AvgIpc) is 3.34. The van der Waals surface area contributed by atoms with Gasteiger partial charge in [-0.05, 0) is 36.4 Å². The predicted molar refractivity (Wildman–Crippen MR) is 125 cm³/mol. The van der Waals surface area contributed by atoms with Crippen molar-refractivity contribution in [2.75, 3.05) is 21.3 Å². The zero-order valence-corrected chi connectivity index (χ0v) is 19.6. The van der Waals surface area contributed by atoms with Gasteiger partial charge in [-0.25, -0.2) is 4.79 Å². The van der Waals surface area contributed by atoms with E-state index in [2.05, 4.69) is 10.1 Å². The summed E-state index contributed by atoms with van der Waals surface area (Å²) in [5.74, 6) is 0.377. The monoisotopic (exact) mass is 477 g/mol. The maximum absolute atomic E-state index is 13.1. The van der Waals surface area contributed by atoms with Crippen LogP contribution in [0.25, 0.3) is 0 Å². The molecule has 0 fully saturated rings. The molecule has 2 heterocycles. The first-order valence-corrected chi connectivity index (χ1v) is 10.5. The standard InChI is InChI=1S/C25H23N3O7/c1-15(29)28-24(35-23(27-28)16-8-7-11-26-14-16)18-9-5-6-10-19(18)34-25(30)17-12-20(31-2)22(33-4)21(13-17)32-3/h5-14,24H,1-4H3/t24-/m1/s1. The van der Waals surface area contributed by atoms with Gasteiger partial charge in [-0.1, -0.05) is 12.1 Å². The third-order valence-corrected chi connectivity index (χ3v) is 5.16. The van der Waals surface area contributed by atoms with Gasteiger partial charge < -0.3 is 23.7 Å². The number of hydrogen-bond donors (Lipinski definition) is 0. The summed E-state index contributed by atoms with van der Waals surface area (Å²) in [6, 6.07) is 13.2.